The minimum Gasteiger partial charge on any atom is -0.466 e. The Morgan fingerprint density at radius 2 is 2.40 bits per heavy atom. The highest BCUT2D eigenvalue weighted by Crippen LogP contribution is 2.04. The molecule has 0 radical (unpaired) electrons. The molecule has 1 amide bonds. The Hall–Kier alpha value is -1.26. The van der Waals surface area contributed by atoms with Crippen LogP contribution in [-0.2, 0) is 14.3 Å². The number of ether oxygens (including phenoxy) is 2. The van der Waals surface area contributed by atoms with E-state index in [1.807, 2.05) is 6.92 Å². The maximum atomic E-state index is 11.2. The Bertz CT molecular complexity index is 229. The van der Waals surface area contributed by atoms with Crippen LogP contribution in [0.25, 0.3) is 0 Å². The van der Waals surface area contributed by atoms with Gasteiger partial charge in [0.2, 0.25) is 0 Å². The molecule has 1 fully saturated rings. The van der Waals surface area contributed by atoms with Gasteiger partial charge in [-0.05, 0) is 6.42 Å². The summed E-state index contributed by atoms with van der Waals surface area (Å²) in [6.07, 6.45) is 1.80. The first-order valence-corrected chi connectivity index (χ1v) is 5.31. The van der Waals surface area contributed by atoms with Crippen LogP contribution in [0.3, 0.4) is 0 Å². The number of carbonyl (C=O) groups is 2. The Labute approximate surface area is 89.3 Å². The van der Waals surface area contributed by atoms with Crippen LogP contribution in [0.2, 0.25) is 0 Å². The van der Waals surface area contributed by atoms with Gasteiger partial charge in [0, 0.05) is 6.54 Å². The van der Waals surface area contributed by atoms with Crippen molar-refractivity contribution in [3.63, 3.8) is 0 Å². The first-order valence-electron chi connectivity index (χ1n) is 5.31. The van der Waals surface area contributed by atoms with E-state index in [1.54, 1.807) is 0 Å². The van der Waals surface area contributed by atoms with E-state index in [1.165, 1.54) is 4.90 Å². The number of amides is 1. The Kier molecular flexibility index (Phi) is 4.93. The van der Waals surface area contributed by atoms with Crippen molar-refractivity contribution in [2.24, 2.45) is 0 Å². The van der Waals surface area contributed by atoms with Crippen molar-refractivity contribution < 1.29 is 19.1 Å². The van der Waals surface area contributed by atoms with Crippen LogP contribution in [0.4, 0.5) is 4.79 Å². The van der Waals surface area contributed by atoms with Crippen LogP contribution in [0.1, 0.15) is 26.2 Å². The maximum absolute atomic E-state index is 11.2. The summed E-state index contributed by atoms with van der Waals surface area (Å²) in [6.45, 7) is 3.89. The van der Waals surface area contributed by atoms with E-state index < -0.39 is 0 Å². The summed E-state index contributed by atoms with van der Waals surface area (Å²) in [6, 6.07) is 0. The van der Waals surface area contributed by atoms with E-state index in [0.717, 1.165) is 12.8 Å². The number of nitrogens with zero attached hydrogens (tertiary/aromatic N) is 1. The predicted molar refractivity (Wildman–Crippen MR) is 53.4 cm³/mol. The van der Waals surface area contributed by atoms with Crippen molar-refractivity contribution in [3.05, 3.63) is 0 Å². The molecule has 0 aromatic heterocycles. The summed E-state index contributed by atoms with van der Waals surface area (Å²) >= 11 is 0. The summed E-state index contributed by atoms with van der Waals surface area (Å²) in [7, 11) is 0. The van der Waals surface area contributed by atoms with E-state index in [9.17, 15) is 9.59 Å². The lowest BCUT2D eigenvalue weighted by atomic mass is 10.3. The van der Waals surface area contributed by atoms with Gasteiger partial charge in [0.05, 0.1) is 19.6 Å². The lowest BCUT2D eigenvalue weighted by Crippen LogP contribution is -2.27. The zero-order valence-electron chi connectivity index (χ0n) is 9.03. The van der Waals surface area contributed by atoms with Crippen LogP contribution in [0, 0.1) is 0 Å². The van der Waals surface area contributed by atoms with Gasteiger partial charge in [-0.15, -0.1) is 0 Å². The smallest absolute Gasteiger partial charge is 0.409 e. The fourth-order valence-electron chi connectivity index (χ4n) is 1.26. The van der Waals surface area contributed by atoms with E-state index in [0.29, 0.717) is 26.3 Å². The van der Waals surface area contributed by atoms with E-state index in [-0.39, 0.29) is 18.5 Å². The van der Waals surface area contributed by atoms with Gasteiger partial charge in [-0.3, -0.25) is 4.79 Å². The zero-order chi connectivity index (χ0) is 11.1. The third-order valence-electron chi connectivity index (χ3n) is 2.19. The fraction of sp³-hybridized carbons (Fsp3) is 0.800. The molecular formula is C10H17NO4. The predicted octanol–water partition coefficient (Wildman–Crippen LogP) is 1.17. The summed E-state index contributed by atoms with van der Waals surface area (Å²) < 4.78 is 9.69. The van der Waals surface area contributed by atoms with E-state index in [4.69, 9.17) is 9.47 Å². The molecular weight excluding hydrogens is 198 g/mol. The van der Waals surface area contributed by atoms with Crippen molar-refractivity contribution in [1.82, 2.24) is 4.90 Å². The number of rotatable bonds is 6. The highest BCUT2D eigenvalue weighted by atomic mass is 16.6. The molecule has 0 N–H and O–H groups in total. The van der Waals surface area contributed by atoms with Crippen LogP contribution >= 0.6 is 0 Å². The highest BCUT2D eigenvalue weighted by molar-refractivity contribution is 5.72. The molecule has 1 aliphatic rings. The van der Waals surface area contributed by atoms with Gasteiger partial charge in [-0.1, -0.05) is 13.3 Å². The topological polar surface area (TPSA) is 55.8 Å². The van der Waals surface area contributed by atoms with E-state index >= 15 is 0 Å². The average molecular weight is 215 g/mol. The molecule has 0 aromatic rings. The second-order valence-corrected chi connectivity index (χ2v) is 3.43. The standard InChI is InChI=1S/C10H17NO4/c1-2-3-7-14-9(12)4-5-11-6-8-15-10(11)13/h2-8H2,1H3. The van der Waals surface area contributed by atoms with Gasteiger partial charge in [0.25, 0.3) is 0 Å². The van der Waals surface area contributed by atoms with Gasteiger partial charge in [-0.2, -0.15) is 0 Å². The quantitative estimate of drug-likeness (QED) is 0.493. The second-order valence-electron chi connectivity index (χ2n) is 3.43. The molecule has 15 heavy (non-hydrogen) atoms. The Morgan fingerprint density at radius 1 is 1.60 bits per heavy atom. The van der Waals surface area contributed by atoms with Crippen molar-refractivity contribution in [3.8, 4) is 0 Å². The molecule has 86 valence electrons. The van der Waals surface area contributed by atoms with Gasteiger partial charge in [0.15, 0.2) is 0 Å². The van der Waals surface area contributed by atoms with Crippen molar-refractivity contribution >= 4 is 12.1 Å². The molecule has 1 heterocycles. The van der Waals surface area contributed by atoms with Crippen molar-refractivity contribution in [2.45, 2.75) is 26.2 Å². The first kappa shape index (κ1) is 11.8. The third-order valence-corrected chi connectivity index (χ3v) is 2.19. The normalized spacial score (nSPS) is 15.3. The number of cyclic esters (lactones) is 1. The molecule has 5 heteroatoms. The van der Waals surface area contributed by atoms with Gasteiger partial charge in [-0.25, -0.2) is 4.79 Å². The van der Waals surface area contributed by atoms with Crippen LogP contribution in [-0.4, -0.2) is 43.3 Å². The Morgan fingerprint density at radius 3 is 3.00 bits per heavy atom. The first-order chi connectivity index (χ1) is 7.24. The van der Waals surface area contributed by atoms with Crippen LogP contribution < -0.4 is 0 Å². The number of hydrogen-bond acceptors (Lipinski definition) is 4. The molecule has 0 bridgehead atoms. The number of carbonyl (C=O) groups excluding carboxylic acids is 2. The molecule has 1 rings (SSSR count). The number of hydrogen-bond donors (Lipinski definition) is 0. The molecule has 0 atom stereocenters. The zero-order valence-corrected chi connectivity index (χ0v) is 9.03. The SMILES string of the molecule is CCCCOC(=O)CCN1CCOC1=O. The van der Waals surface area contributed by atoms with Gasteiger partial charge >= 0.3 is 12.1 Å². The molecule has 1 aliphatic heterocycles. The molecule has 0 aromatic carbocycles. The van der Waals surface area contributed by atoms with E-state index in [2.05, 4.69) is 0 Å². The average Bonchev–Trinajstić information content (AvgIpc) is 2.61. The minimum absolute atomic E-state index is 0.247. The summed E-state index contributed by atoms with van der Waals surface area (Å²) in [5.74, 6) is -0.247. The van der Waals surface area contributed by atoms with Gasteiger partial charge < -0.3 is 14.4 Å². The van der Waals surface area contributed by atoms with Crippen molar-refractivity contribution in [2.75, 3.05) is 26.3 Å². The molecule has 5 nitrogen and oxygen atoms in total. The number of unbranched alkanes of at least 4 members (excludes halogenated alkanes) is 1. The Balaban J connectivity index is 2.08. The summed E-state index contributed by atoms with van der Waals surface area (Å²) in [4.78, 5) is 23.7. The third kappa shape index (κ3) is 4.18. The lowest BCUT2D eigenvalue weighted by Gasteiger charge is -2.11. The van der Waals surface area contributed by atoms with Crippen LogP contribution in [0.5, 0.6) is 0 Å². The molecule has 0 spiro atoms. The summed E-state index contributed by atoms with van der Waals surface area (Å²) in [5.41, 5.74) is 0. The molecule has 1 saturated heterocycles. The lowest BCUT2D eigenvalue weighted by molar-refractivity contribution is -0.143. The van der Waals surface area contributed by atoms with Crippen molar-refractivity contribution in [1.29, 1.82) is 0 Å². The molecule has 0 aliphatic carbocycles. The molecule has 0 saturated carbocycles. The second kappa shape index (κ2) is 6.27. The molecule has 0 unspecified atom stereocenters. The minimum atomic E-state index is -0.337. The fourth-order valence-corrected chi connectivity index (χ4v) is 1.26. The summed E-state index contributed by atoms with van der Waals surface area (Å²) in [5, 5.41) is 0. The maximum Gasteiger partial charge on any atom is 0.409 e. The van der Waals surface area contributed by atoms with Gasteiger partial charge in [0.1, 0.15) is 6.61 Å². The largest absolute Gasteiger partial charge is 0.466 e. The van der Waals surface area contributed by atoms with Crippen LogP contribution in [0.15, 0.2) is 0 Å². The highest BCUT2D eigenvalue weighted by Gasteiger charge is 2.22. The number of esters is 1. The monoisotopic (exact) mass is 215 g/mol.